The number of hydrogen-bond donors (Lipinski definition) is 2. The number of benzene rings is 1. The van der Waals surface area contributed by atoms with Crippen LogP contribution in [0.3, 0.4) is 0 Å². The average molecular weight is 310 g/mol. The Labute approximate surface area is 120 Å². The lowest BCUT2D eigenvalue weighted by Gasteiger charge is -2.15. The third-order valence-corrected chi connectivity index (χ3v) is 4.03. The number of carboxylic acid groups (broad SMARTS) is 1. The van der Waals surface area contributed by atoms with Gasteiger partial charge in [-0.25, -0.2) is 12.8 Å². The van der Waals surface area contributed by atoms with Crippen LogP contribution in [0.4, 0.5) is 4.39 Å². The molecule has 0 spiro atoms. The lowest BCUT2D eigenvalue weighted by Crippen LogP contribution is -2.33. The number of aromatic nitrogens is 1. The number of sulfonamides is 1. The Morgan fingerprint density at radius 3 is 2.48 bits per heavy atom. The van der Waals surface area contributed by atoms with Crippen LogP contribution in [0.15, 0.2) is 53.7 Å². The molecule has 2 aromatic rings. The summed E-state index contributed by atoms with van der Waals surface area (Å²) in [4.78, 5) is 14.3. The van der Waals surface area contributed by atoms with Gasteiger partial charge in [0.2, 0.25) is 10.0 Å². The Kier molecular flexibility index (Phi) is 4.29. The van der Waals surface area contributed by atoms with Crippen LogP contribution in [0.25, 0.3) is 0 Å². The van der Waals surface area contributed by atoms with E-state index in [2.05, 4.69) is 4.98 Å². The first-order valence-electron chi connectivity index (χ1n) is 5.81. The highest BCUT2D eigenvalue weighted by molar-refractivity contribution is 7.89. The van der Waals surface area contributed by atoms with E-state index >= 15 is 0 Å². The highest BCUT2D eigenvalue weighted by atomic mass is 32.2. The van der Waals surface area contributed by atoms with Crippen LogP contribution < -0.4 is 4.72 Å². The maximum absolute atomic E-state index is 13.0. The van der Waals surface area contributed by atoms with Gasteiger partial charge in [0.1, 0.15) is 16.8 Å². The zero-order valence-electron chi connectivity index (χ0n) is 10.6. The summed E-state index contributed by atoms with van der Waals surface area (Å²) >= 11 is 0. The van der Waals surface area contributed by atoms with Crippen LogP contribution in [0.2, 0.25) is 0 Å². The molecule has 110 valence electrons. The first-order valence-corrected chi connectivity index (χ1v) is 7.29. The first-order chi connectivity index (χ1) is 9.90. The molecule has 1 heterocycles. The van der Waals surface area contributed by atoms with E-state index in [0.717, 1.165) is 18.5 Å². The second-order valence-electron chi connectivity index (χ2n) is 4.14. The standard InChI is InChI=1S/C13H11FN2O4S/c14-10-6-11(8-15-7-10)21(19,20)16-12(13(17)18)9-4-2-1-3-5-9/h1-8,12,16H,(H,17,18)/t12-/m0/s1. The average Bonchev–Trinajstić information content (AvgIpc) is 2.45. The fraction of sp³-hybridized carbons (Fsp3) is 0.0769. The summed E-state index contributed by atoms with van der Waals surface area (Å²) in [6.07, 6.45) is 1.79. The lowest BCUT2D eigenvalue weighted by atomic mass is 10.1. The number of carboxylic acids is 1. The monoisotopic (exact) mass is 310 g/mol. The fourth-order valence-electron chi connectivity index (χ4n) is 1.67. The molecule has 0 aliphatic carbocycles. The van der Waals surface area contributed by atoms with Crippen molar-refractivity contribution in [3.05, 3.63) is 60.2 Å². The number of hydrogen-bond acceptors (Lipinski definition) is 4. The number of pyridine rings is 1. The van der Waals surface area contributed by atoms with Crippen molar-refractivity contribution in [2.45, 2.75) is 10.9 Å². The Bertz CT molecular complexity index is 750. The van der Waals surface area contributed by atoms with Crippen molar-refractivity contribution >= 4 is 16.0 Å². The van der Waals surface area contributed by atoms with Crippen LogP contribution >= 0.6 is 0 Å². The lowest BCUT2D eigenvalue weighted by molar-refractivity contribution is -0.139. The molecule has 0 saturated heterocycles. The van der Waals surface area contributed by atoms with E-state index in [9.17, 15) is 22.7 Å². The van der Waals surface area contributed by atoms with E-state index in [1.807, 2.05) is 4.72 Å². The third-order valence-electron chi connectivity index (χ3n) is 2.64. The van der Waals surface area contributed by atoms with E-state index in [4.69, 9.17) is 0 Å². The van der Waals surface area contributed by atoms with Gasteiger partial charge in [-0.2, -0.15) is 4.72 Å². The van der Waals surface area contributed by atoms with Gasteiger partial charge in [0.25, 0.3) is 0 Å². The molecule has 0 saturated carbocycles. The second-order valence-corrected chi connectivity index (χ2v) is 5.86. The quantitative estimate of drug-likeness (QED) is 0.868. The Morgan fingerprint density at radius 1 is 1.24 bits per heavy atom. The molecular formula is C13H11FN2O4S. The smallest absolute Gasteiger partial charge is 0.326 e. The Morgan fingerprint density at radius 2 is 1.90 bits per heavy atom. The van der Waals surface area contributed by atoms with Gasteiger partial charge in [0.05, 0.1) is 6.20 Å². The number of aliphatic carboxylic acids is 1. The second kappa shape index (κ2) is 5.98. The molecule has 0 fully saturated rings. The van der Waals surface area contributed by atoms with Crippen LogP contribution in [0.1, 0.15) is 11.6 Å². The normalized spacial score (nSPS) is 12.8. The van der Waals surface area contributed by atoms with Crippen molar-refractivity contribution in [2.24, 2.45) is 0 Å². The maximum Gasteiger partial charge on any atom is 0.326 e. The summed E-state index contributed by atoms with van der Waals surface area (Å²) in [5.74, 6) is -2.20. The molecule has 0 radical (unpaired) electrons. The van der Waals surface area contributed by atoms with E-state index in [-0.39, 0.29) is 5.56 Å². The largest absolute Gasteiger partial charge is 0.480 e. The van der Waals surface area contributed by atoms with Crippen molar-refractivity contribution < 1.29 is 22.7 Å². The van der Waals surface area contributed by atoms with Gasteiger partial charge in [-0.15, -0.1) is 0 Å². The van der Waals surface area contributed by atoms with Crippen molar-refractivity contribution in [1.29, 1.82) is 0 Å². The highest BCUT2D eigenvalue weighted by Gasteiger charge is 2.27. The summed E-state index contributed by atoms with van der Waals surface area (Å²) in [6.45, 7) is 0. The minimum Gasteiger partial charge on any atom is -0.480 e. The molecule has 0 unspecified atom stereocenters. The van der Waals surface area contributed by atoms with Gasteiger partial charge in [0, 0.05) is 6.20 Å². The summed E-state index contributed by atoms with van der Waals surface area (Å²) in [5, 5.41) is 9.17. The van der Waals surface area contributed by atoms with Gasteiger partial charge in [0.15, 0.2) is 0 Å². The van der Waals surface area contributed by atoms with E-state index in [0.29, 0.717) is 0 Å². The van der Waals surface area contributed by atoms with Crippen molar-refractivity contribution in [2.75, 3.05) is 0 Å². The summed E-state index contributed by atoms with van der Waals surface area (Å²) < 4.78 is 39.2. The number of nitrogens with one attached hydrogen (secondary N) is 1. The number of halogens is 1. The Hall–Kier alpha value is -2.32. The summed E-state index contributed by atoms with van der Waals surface area (Å²) in [6, 6.07) is 7.09. The van der Waals surface area contributed by atoms with Crippen molar-refractivity contribution in [3.63, 3.8) is 0 Å². The van der Waals surface area contributed by atoms with Gasteiger partial charge in [-0.05, 0) is 11.6 Å². The van der Waals surface area contributed by atoms with Crippen LogP contribution in [0, 0.1) is 5.82 Å². The molecule has 2 N–H and O–H groups in total. The summed E-state index contributed by atoms with van der Waals surface area (Å²) in [7, 11) is -4.21. The molecule has 6 nitrogen and oxygen atoms in total. The molecule has 0 bridgehead atoms. The van der Waals surface area contributed by atoms with Crippen LogP contribution in [0.5, 0.6) is 0 Å². The molecule has 1 atom stereocenters. The molecular weight excluding hydrogens is 299 g/mol. The maximum atomic E-state index is 13.0. The molecule has 21 heavy (non-hydrogen) atoms. The zero-order chi connectivity index (χ0) is 15.5. The zero-order valence-corrected chi connectivity index (χ0v) is 11.4. The molecule has 1 aromatic heterocycles. The van der Waals surface area contributed by atoms with Crippen molar-refractivity contribution in [1.82, 2.24) is 9.71 Å². The van der Waals surface area contributed by atoms with E-state index in [1.54, 1.807) is 18.2 Å². The molecule has 0 aliphatic rings. The topological polar surface area (TPSA) is 96.4 Å². The minimum absolute atomic E-state index is 0.262. The molecule has 1 aromatic carbocycles. The van der Waals surface area contributed by atoms with Crippen LogP contribution in [-0.4, -0.2) is 24.5 Å². The van der Waals surface area contributed by atoms with E-state index < -0.39 is 32.7 Å². The molecule has 2 rings (SSSR count). The predicted molar refractivity (Wildman–Crippen MR) is 71.3 cm³/mol. The fourth-order valence-corrected chi connectivity index (χ4v) is 2.82. The third kappa shape index (κ3) is 3.61. The molecule has 0 amide bonds. The number of rotatable bonds is 5. The van der Waals surface area contributed by atoms with Gasteiger partial charge >= 0.3 is 5.97 Å². The first kappa shape index (κ1) is 15.1. The number of carbonyl (C=O) groups is 1. The molecule has 0 aliphatic heterocycles. The van der Waals surface area contributed by atoms with Gasteiger partial charge < -0.3 is 5.11 Å². The van der Waals surface area contributed by atoms with E-state index in [1.165, 1.54) is 12.1 Å². The van der Waals surface area contributed by atoms with Gasteiger partial charge in [-0.3, -0.25) is 9.78 Å². The molecule has 8 heteroatoms. The van der Waals surface area contributed by atoms with Crippen molar-refractivity contribution in [3.8, 4) is 0 Å². The minimum atomic E-state index is -4.21. The predicted octanol–water partition coefficient (Wildman–Crippen LogP) is 1.32. The SMILES string of the molecule is O=C(O)[C@@H](NS(=O)(=O)c1cncc(F)c1)c1ccccc1. The van der Waals surface area contributed by atoms with Crippen LogP contribution in [-0.2, 0) is 14.8 Å². The Balaban J connectivity index is 2.35. The highest BCUT2D eigenvalue weighted by Crippen LogP contribution is 2.17. The number of nitrogens with zero attached hydrogens (tertiary/aromatic N) is 1. The summed E-state index contributed by atoms with van der Waals surface area (Å²) in [5.41, 5.74) is 0.262. The van der Waals surface area contributed by atoms with Gasteiger partial charge in [-0.1, -0.05) is 30.3 Å².